The average Bonchev–Trinajstić information content (AvgIpc) is 2.38. The molecule has 1 aliphatic heterocycles. The van der Waals surface area contributed by atoms with Gasteiger partial charge in [0.15, 0.2) is 0 Å². The molecule has 19 heavy (non-hydrogen) atoms. The molecule has 0 saturated carbocycles. The number of urea groups is 1. The highest BCUT2D eigenvalue weighted by Crippen LogP contribution is 2.26. The Balaban J connectivity index is 1.83. The van der Waals surface area contributed by atoms with Crippen LogP contribution >= 0.6 is 0 Å². The van der Waals surface area contributed by atoms with Crippen molar-refractivity contribution in [1.29, 1.82) is 0 Å². The van der Waals surface area contributed by atoms with Crippen LogP contribution in [0.5, 0.6) is 0 Å². The van der Waals surface area contributed by atoms with E-state index in [9.17, 15) is 4.79 Å². The lowest BCUT2D eigenvalue weighted by molar-refractivity contribution is 0.249. The average molecular weight is 262 g/mol. The third-order valence-corrected chi connectivity index (χ3v) is 3.42. The number of rotatable bonds is 5. The molecule has 5 nitrogen and oxygen atoms in total. The Morgan fingerprint density at radius 2 is 2.26 bits per heavy atom. The number of amides is 2. The number of carbonyl (C=O) groups excluding carboxylic acids is 1. The van der Waals surface area contributed by atoms with Crippen LogP contribution in [0.3, 0.4) is 0 Å². The quantitative estimate of drug-likeness (QED) is 0.688. The molecule has 0 aromatic heterocycles. The van der Waals surface area contributed by atoms with Gasteiger partial charge in [-0.2, -0.15) is 0 Å². The number of benzene rings is 1. The van der Waals surface area contributed by atoms with E-state index in [0.29, 0.717) is 6.54 Å². The van der Waals surface area contributed by atoms with Crippen molar-refractivity contribution in [3.05, 3.63) is 29.3 Å². The normalized spacial score (nSPS) is 14.1. The Kier molecular flexibility index (Phi) is 4.63. The second kappa shape index (κ2) is 6.43. The van der Waals surface area contributed by atoms with E-state index in [1.165, 1.54) is 23.2 Å². The highest BCUT2D eigenvalue weighted by molar-refractivity contribution is 5.71. The lowest BCUT2D eigenvalue weighted by Gasteiger charge is -2.27. The van der Waals surface area contributed by atoms with Crippen molar-refractivity contribution in [3.8, 4) is 0 Å². The van der Waals surface area contributed by atoms with Crippen LogP contribution in [0.15, 0.2) is 18.2 Å². The van der Waals surface area contributed by atoms with Crippen molar-refractivity contribution < 1.29 is 4.79 Å². The van der Waals surface area contributed by atoms with E-state index in [-0.39, 0.29) is 0 Å². The Morgan fingerprint density at radius 1 is 1.42 bits per heavy atom. The van der Waals surface area contributed by atoms with Crippen molar-refractivity contribution in [1.82, 2.24) is 10.6 Å². The van der Waals surface area contributed by atoms with Gasteiger partial charge >= 0.3 is 6.03 Å². The molecule has 1 heterocycles. The Morgan fingerprint density at radius 3 is 3.05 bits per heavy atom. The highest BCUT2D eigenvalue weighted by Gasteiger charge is 2.13. The SMILES string of the molecule is CN1CCCc2cc(CNCCNC(N)=O)ccc21. The summed E-state index contributed by atoms with van der Waals surface area (Å²) < 4.78 is 0. The predicted molar refractivity (Wildman–Crippen MR) is 77.3 cm³/mol. The molecule has 0 bridgehead atoms. The van der Waals surface area contributed by atoms with Crippen LogP contribution in [0.25, 0.3) is 0 Å². The van der Waals surface area contributed by atoms with Gasteiger partial charge in [0, 0.05) is 38.9 Å². The van der Waals surface area contributed by atoms with Gasteiger partial charge in [-0.15, -0.1) is 0 Å². The number of nitrogens with one attached hydrogen (secondary N) is 2. The van der Waals surface area contributed by atoms with Crippen LogP contribution < -0.4 is 21.3 Å². The largest absolute Gasteiger partial charge is 0.374 e. The van der Waals surface area contributed by atoms with Gasteiger partial charge in [-0.3, -0.25) is 0 Å². The van der Waals surface area contributed by atoms with Crippen LogP contribution in [-0.4, -0.2) is 32.7 Å². The number of fused-ring (bicyclic) bond motifs is 1. The van der Waals surface area contributed by atoms with Gasteiger partial charge in [0.2, 0.25) is 0 Å². The molecule has 0 radical (unpaired) electrons. The van der Waals surface area contributed by atoms with Gasteiger partial charge in [-0.25, -0.2) is 4.79 Å². The number of aryl methyl sites for hydroxylation is 1. The van der Waals surface area contributed by atoms with E-state index in [1.807, 2.05) is 0 Å². The van der Waals surface area contributed by atoms with Gasteiger partial charge in [-0.1, -0.05) is 12.1 Å². The van der Waals surface area contributed by atoms with E-state index in [0.717, 1.165) is 26.1 Å². The molecule has 2 amide bonds. The predicted octanol–water partition coefficient (Wildman–Crippen LogP) is 0.827. The molecule has 1 aromatic carbocycles. The first-order valence-corrected chi connectivity index (χ1v) is 6.74. The standard InChI is InChI=1S/C14H22N4O/c1-18-8-2-3-12-9-11(4-5-13(12)18)10-16-6-7-17-14(15)19/h4-5,9,16H,2-3,6-8,10H2,1H3,(H3,15,17,19). The molecular weight excluding hydrogens is 240 g/mol. The first-order chi connectivity index (χ1) is 9.16. The minimum Gasteiger partial charge on any atom is -0.374 e. The topological polar surface area (TPSA) is 70.4 Å². The summed E-state index contributed by atoms with van der Waals surface area (Å²) >= 11 is 0. The maximum atomic E-state index is 10.5. The number of nitrogens with zero attached hydrogens (tertiary/aromatic N) is 1. The lowest BCUT2D eigenvalue weighted by Crippen LogP contribution is -2.35. The summed E-state index contributed by atoms with van der Waals surface area (Å²) in [4.78, 5) is 12.8. The molecule has 4 N–H and O–H groups in total. The summed E-state index contributed by atoms with van der Waals surface area (Å²) in [6.45, 7) is 3.24. The van der Waals surface area contributed by atoms with E-state index in [4.69, 9.17) is 5.73 Å². The summed E-state index contributed by atoms with van der Waals surface area (Å²) in [7, 11) is 2.14. The van der Waals surface area contributed by atoms with Gasteiger partial charge in [0.1, 0.15) is 0 Å². The molecular formula is C14H22N4O. The zero-order valence-electron chi connectivity index (χ0n) is 11.4. The number of anilines is 1. The molecule has 104 valence electrons. The van der Waals surface area contributed by atoms with Crippen molar-refractivity contribution in [2.24, 2.45) is 5.73 Å². The minimum absolute atomic E-state index is 0.474. The summed E-state index contributed by atoms with van der Waals surface area (Å²) in [5.41, 5.74) is 9.06. The smallest absolute Gasteiger partial charge is 0.312 e. The fourth-order valence-electron chi connectivity index (χ4n) is 2.46. The van der Waals surface area contributed by atoms with Crippen LogP contribution in [0.1, 0.15) is 17.5 Å². The monoisotopic (exact) mass is 262 g/mol. The second-order valence-electron chi connectivity index (χ2n) is 4.96. The second-order valence-corrected chi connectivity index (χ2v) is 4.96. The molecule has 0 spiro atoms. The Bertz CT molecular complexity index is 447. The van der Waals surface area contributed by atoms with Crippen molar-refractivity contribution in [2.45, 2.75) is 19.4 Å². The molecule has 0 atom stereocenters. The van der Waals surface area contributed by atoms with Crippen LogP contribution in [-0.2, 0) is 13.0 Å². The van der Waals surface area contributed by atoms with Crippen molar-refractivity contribution in [3.63, 3.8) is 0 Å². The molecule has 2 rings (SSSR count). The molecule has 0 unspecified atom stereocenters. The third-order valence-electron chi connectivity index (χ3n) is 3.42. The van der Waals surface area contributed by atoms with E-state index < -0.39 is 6.03 Å². The summed E-state index contributed by atoms with van der Waals surface area (Å²) in [5, 5.41) is 5.85. The molecule has 5 heteroatoms. The summed E-state index contributed by atoms with van der Waals surface area (Å²) in [6.07, 6.45) is 2.39. The lowest BCUT2D eigenvalue weighted by atomic mass is 9.99. The first-order valence-electron chi connectivity index (χ1n) is 6.74. The van der Waals surface area contributed by atoms with Crippen LogP contribution in [0, 0.1) is 0 Å². The van der Waals surface area contributed by atoms with Gasteiger partial charge in [-0.05, 0) is 30.0 Å². The number of primary amides is 1. The van der Waals surface area contributed by atoms with E-state index in [2.05, 4.69) is 40.8 Å². The number of hydrogen-bond donors (Lipinski definition) is 3. The Hall–Kier alpha value is -1.75. The Labute approximate surface area is 114 Å². The molecule has 1 aromatic rings. The molecule has 0 aliphatic carbocycles. The highest BCUT2D eigenvalue weighted by atomic mass is 16.2. The third kappa shape index (κ3) is 3.86. The molecule has 0 fully saturated rings. The van der Waals surface area contributed by atoms with Gasteiger partial charge in [0.25, 0.3) is 0 Å². The fraction of sp³-hybridized carbons (Fsp3) is 0.500. The van der Waals surface area contributed by atoms with Crippen LogP contribution in [0.4, 0.5) is 10.5 Å². The summed E-state index contributed by atoms with van der Waals surface area (Å²) in [5.74, 6) is 0. The maximum Gasteiger partial charge on any atom is 0.312 e. The van der Waals surface area contributed by atoms with Crippen molar-refractivity contribution >= 4 is 11.7 Å². The van der Waals surface area contributed by atoms with Crippen molar-refractivity contribution in [2.75, 3.05) is 31.6 Å². The minimum atomic E-state index is -0.474. The number of carbonyl (C=O) groups is 1. The summed E-state index contributed by atoms with van der Waals surface area (Å²) in [6, 6.07) is 6.17. The van der Waals surface area contributed by atoms with E-state index >= 15 is 0 Å². The zero-order valence-corrected chi connectivity index (χ0v) is 11.4. The fourth-order valence-corrected chi connectivity index (χ4v) is 2.46. The number of nitrogens with two attached hydrogens (primary N) is 1. The molecule has 0 saturated heterocycles. The van der Waals surface area contributed by atoms with E-state index in [1.54, 1.807) is 0 Å². The first kappa shape index (κ1) is 13.7. The zero-order chi connectivity index (χ0) is 13.7. The van der Waals surface area contributed by atoms with Gasteiger partial charge in [0.05, 0.1) is 0 Å². The maximum absolute atomic E-state index is 10.5. The van der Waals surface area contributed by atoms with Crippen LogP contribution in [0.2, 0.25) is 0 Å². The number of hydrogen-bond acceptors (Lipinski definition) is 3. The molecule has 1 aliphatic rings. The van der Waals surface area contributed by atoms with Gasteiger partial charge < -0.3 is 21.3 Å².